The Labute approximate surface area is 144 Å². The van der Waals surface area contributed by atoms with Crippen LogP contribution in [0.3, 0.4) is 0 Å². The van der Waals surface area contributed by atoms with Crippen molar-refractivity contribution in [2.45, 2.75) is 13.0 Å². The van der Waals surface area contributed by atoms with Gasteiger partial charge in [-0.3, -0.25) is 14.9 Å². The molecule has 1 unspecified atom stereocenters. The Balaban J connectivity index is 2.05. The van der Waals surface area contributed by atoms with Crippen molar-refractivity contribution in [3.63, 3.8) is 0 Å². The lowest BCUT2D eigenvalue weighted by Gasteiger charge is -2.16. The van der Waals surface area contributed by atoms with Crippen LogP contribution >= 0.6 is 0 Å². The molecule has 0 aliphatic carbocycles. The third-order valence-electron chi connectivity index (χ3n) is 3.48. The average molecular weight is 345 g/mol. The van der Waals surface area contributed by atoms with Gasteiger partial charge in [-0.15, -0.1) is 0 Å². The zero-order chi connectivity index (χ0) is 18.4. The Kier molecular flexibility index (Phi) is 5.78. The van der Waals surface area contributed by atoms with Gasteiger partial charge >= 0.3 is 0 Å². The number of ether oxygens (including phenoxy) is 2. The maximum Gasteiger partial charge on any atom is 0.271 e. The fraction of sp³-hybridized carbons (Fsp3) is 0.235. The number of anilines is 2. The highest BCUT2D eigenvalue weighted by Crippen LogP contribution is 2.30. The third kappa shape index (κ3) is 4.60. The second-order valence-corrected chi connectivity index (χ2v) is 5.23. The van der Waals surface area contributed by atoms with Crippen LogP contribution in [0.2, 0.25) is 0 Å². The van der Waals surface area contributed by atoms with E-state index in [0.29, 0.717) is 22.9 Å². The SMILES string of the molecule is COc1ccc(NC(C)C(=O)Nc2cccc([N+](=O)[O-])c2)cc1OC. The number of hydrogen-bond donors (Lipinski definition) is 2. The number of nitrogens with zero attached hydrogens (tertiary/aromatic N) is 1. The molecule has 0 saturated carbocycles. The van der Waals surface area contributed by atoms with Gasteiger partial charge in [0.1, 0.15) is 6.04 Å². The van der Waals surface area contributed by atoms with Crippen LogP contribution in [0.25, 0.3) is 0 Å². The van der Waals surface area contributed by atoms with Gasteiger partial charge < -0.3 is 20.1 Å². The quantitative estimate of drug-likeness (QED) is 0.590. The largest absolute Gasteiger partial charge is 0.493 e. The van der Waals surface area contributed by atoms with Gasteiger partial charge in [0.2, 0.25) is 5.91 Å². The number of nitro groups is 1. The predicted octanol–water partition coefficient (Wildman–Crippen LogP) is 3.05. The number of amides is 1. The summed E-state index contributed by atoms with van der Waals surface area (Å²) in [6.07, 6.45) is 0. The molecule has 2 N–H and O–H groups in total. The van der Waals surface area contributed by atoms with Crippen LogP contribution in [-0.2, 0) is 4.79 Å². The summed E-state index contributed by atoms with van der Waals surface area (Å²) >= 11 is 0. The first-order valence-corrected chi connectivity index (χ1v) is 7.48. The molecule has 132 valence electrons. The highest BCUT2D eigenvalue weighted by atomic mass is 16.6. The number of methoxy groups -OCH3 is 2. The third-order valence-corrected chi connectivity index (χ3v) is 3.48. The van der Waals surface area contributed by atoms with Crippen LogP contribution in [-0.4, -0.2) is 31.1 Å². The summed E-state index contributed by atoms with van der Waals surface area (Å²) in [5, 5.41) is 16.5. The van der Waals surface area contributed by atoms with E-state index >= 15 is 0 Å². The Bertz CT molecular complexity index is 779. The van der Waals surface area contributed by atoms with Crippen molar-refractivity contribution in [3.8, 4) is 11.5 Å². The van der Waals surface area contributed by atoms with E-state index in [-0.39, 0.29) is 11.6 Å². The summed E-state index contributed by atoms with van der Waals surface area (Å²) < 4.78 is 10.4. The van der Waals surface area contributed by atoms with Gasteiger partial charge in [-0.25, -0.2) is 0 Å². The van der Waals surface area contributed by atoms with Crippen molar-refractivity contribution in [3.05, 3.63) is 52.6 Å². The molecule has 0 aliphatic heterocycles. The van der Waals surface area contributed by atoms with Crippen molar-refractivity contribution < 1.29 is 19.2 Å². The summed E-state index contributed by atoms with van der Waals surface area (Å²) in [5.41, 5.74) is 0.956. The molecule has 25 heavy (non-hydrogen) atoms. The average Bonchev–Trinajstić information content (AvgIpc) is 2.61. The van der Waals surface area contributed by atoms with Gasteiger partial charge in [0, 0.05) is 29.6 Å². The second-order valence-electron chi connectivity index (χ2n) is 5.23. The number of non-ortho nitro benzene ring substituents is 1. The molecule has 0 fully saturated rings. The molecule has 8 nitrogen and oxygen atoms in total. The zero-order valence-electron chi connectivity index (χ0n) is 14.1. The van der Waals surface area contributed by atoms with Crippen LogP contribution in [0, 0.1) is 10.1 Å². The van der Waals surface area contributed by atoms with E-state index in [1.807, 2.05) is 0 Å². The zero-order valence-corrected chi connectivity index (χ0v) is 14.1. The molecule has 0 aliphatic rings. The van der Waals surface area contributed by atoms with Gasteiger partial charge in [-0.05, 0) is 25.1 Å². The Hall–Kier alpha value is -3.29. The van der Waals surface area contributed by atoms with Gasteiger partial charge in [-0.1, -0.05) is 6.07 Å². The van der Waals surface area contributed by atoms with E-state index in [9.17, 15) is 14.9 Å². The van der Waals surface area contributed by atoms with Crippen molar-refractivity contribution in [2.75, 3.05) is 24.9 Å². The van der Waals surface area contributed by atoms with E-state index in [2.05, 4.69) is 10.6 Å². The smallest absolute Gasteiger partial charge is 0.271 e. The topological polar surface area (TPSA) is 103 Å². The Morgan fingerprint density at radius 3 is 2.44 bits per heavy atom. The molecular weight excluding hydrogens is 326 g/mol. The first-order valence-electron chi connectivity index (χ1n) is 7.48. The predicted molar refractivity (Wildman–Crippen MR) is 94.4 cm³/mol. The monoisotopic (exact) mass is 345 g/mol. The van der Waals surface area contributed by atoms with E-state index in [1.165, 1.54) is 25.3 Å². The fourth-order valence-electron chi connectivity index (χ4n) is 2.19. The number of hydrogen-bond acceptors (Lipinski definition) is 6. The number of nitrogens with one attached hydrogen (secondary N) is 2. The molecule has 2 aromatic carbocycles. The summed E-state index contributed by atoms with van der Waals surface area (Å²) in [6.45, 7) is 1.68. The summed E-state index contributed by atoms with van der Waals surface area (Å²) in [5.74, 6) is 0.802. The number of benzene rings is 2. The minimum absolute atomic E-state index is 0.0849. The second kappa shape index (κ2) is 8.00. The molecule has 0 heterocycles. The van der Waals surface area contributed by atoms with E-state index in [4.69, 9.17) is 9.47 Å². The van der Waals surface area contributed by atoms with Gasteiger partial charge in [-0.2, -0.15) is 0 Å². The molecule has 1 amide bonds. The van der Waals surface area contributed by atoms with Gasteiger partial charge in [0.25, 0.3) is 5.69 Å². The van der Waals surface area contributed by atoms with Crippen molar-refractivity contribution >= 4 is 23.0 Å². The van der Waals surface area contributed by atoms with Crippen molar-refractivity contribution in [1.82, 2.24) is 0 Å². The molecular formula is C17H19N3O5. The molecule has 8 heteroatoms. The number of nitro benzene ring substituents is 1. The van der Waals surface area contributed by atoms with E-state index in [1.54, 1.807) is 38.3 Å². The van der Waals surface area contributed by atoms with E-state index < -0.39 is 11.0 Å². The molecule has 0 aromatic heterocycles. The highest BCUT2D eigenvalue weighted by molar-refractivity contribution is 5.96. The number of carbonyl (C=O) groups is 1. The minimum atomic E-state index is -0.572. The lowest BCUT2D eigenvalue weighted by atomic mass is 10.2. The summed E-state index contributed by atoms with van der Waals surface area (Å²) in [7, 11) is 3.07. The lowest BCUT2D eigenvalue weighted by Crippen LogP contribution is -2.31. The normalized spacial score (nSPS) is 11.3. The Morgan fingerprint density at radius 1 is 1.08 bits per heavy atom. The summed E-state index contributed by atoms with van der Waals surface area (Å²) in [4.78, 5) is 22.5. The van der Waals surface area contributed by atoms with Crippen LogP contribution in [0.4, 0.5) is 17.1 Å². The van der Waals surface area contributed by atoms with Crippen molar-refractivity contribution in [2.24, 2.45) is 0 Å². The molecule has 1 atom stereocenters. The summed E-state index contributed by atoms with van der Waals surface area (Å²) in [6, 6.07) is 10.4. The number of carbonyl (C=O) groups excluding carboxylic acids is 1. The first kappa shape index (κ1) is 18.1. The van der Waals surface area contributed by atoms with E-state index in [0.717, 1.165) is 0 Å². The molecule has 0 saturated heterocycles. The van der Waals surface area contributed by atoms with Crippen LogP contribution in [0.5, 0.6) is 11.5 Å². The lowest BCUT2D eigenvalue weighted by molar-refractivity contribution is -0.384. The van der Waals surface area contributed by atoms with Crippen LogP contribution in [0.15, 0.2) is 42.5 Å². The maximum atomic E-state index is 12.3. The standard InChI is InChI=1S/C17H19N3O5/c1-11(18-13-7-8-15(24-2)16(10-13)25-3)17(21)19-12-5-4-6-14(9-12)20(22)23/h4-11,18H,1-3H3,(H,19,21). The maximum absolute atomic E-state index is 12.3. The van der Waals surface area contributed by atoms with Crippen LogP contribution in [0.1, 0.15) is 6.92 Å². The minimum Gasteiger partial charge on any atom is -0.493 e. The molecule has 2 rings (SSSR count). The first-order chi connectivity index (χ1) is 11.9. The van der Waals surface area contributed by atoms with Crippen molar-refractivity contribution in [1.29, 1.82) is 0 Å². The van der Waals surface area contributed by atoms with Gasteiger partial charge in [0.05, 0.1) is 19.1 Å². The highest BCUT2D eigenvalue weighted by Gasteiger charge is 2.15. The molecule has 0 bridgehead atoms. The van der Waals surface area contributed by atoms with Crippen LogP contribution < -0.4 is 20.1 Å². The molecule has 2 aromatic rings. The fourth-order valence-corrected chi connectivity index (χ4v) is 2.19. The van der Waals surface area contributed by atoms with Gasteiger partial charge in [0.15, 0.2) is 11.5 Å². The molecule has 0 spiro atoms. The Morgan fingerprint density at radius 2 is 1.80 bits per heavy atom. The number of rotatable bonds is 7. The molecule has 0 radical (unpaired) electrons.